The van der Waals surface area contributed by atoms with Crippen LogP contribution in [0.25, 0.3) is 0 Å². The fourth-order valence-corrected chi connectivity index (χ4v) is 1.23. The third-order valence-corrected chi connectivity index (χ3v) is 2.14. The van der Waals surface area contributed by atoms with Gasteiger partial charge in [0.1, 0.15) is 30.5 Å². The monoisotopic (exact) mass is 194 g/mol. The Morgan fingerprint density at radius 1 is 1.00 bits per heavy atom. The lowest BCUT2D eigenvalue weighted by molar-refractivity contribution is -0.109. The van der Waals surface area contributed by atoms with Crippen LogP contribution in [-0.4, -0.2) is 69.3 Å². The number of aliphatic hydroxyl groups excluding tert-OH is 5. The maximum atomic E-state index is 9.30. The molecule has 0 radical (unpaired) electrons. The SMILES string of the molecule is OCC1OCC(O)C(O)C(O)[C@@H]1O. The number of aliphatic hydroxyl groups is 5. The lowest BCUT2D eigenvalue weighted by atomic mass is 10.0. The molecule has 1 fully saturated rings. The van der Waals surface area contributed by atoms with Crippen molar-refractivity contribution in [3.8, 4) is 0 Å². The van der Waals surface area contributed by atoms with Crippen molar-refractivity contribution in [2.75, 3.05) is 13.2 Å². The van der Waals surface area contributed by atoms with Gasteiger partial charge in [0.05, 0.1) is 13.2 Å². The maximum absolute atomic E-state index is 9.30. The standard InChI is InChI=1S/C7H14O6/c8-1-4-6(11)7(12)5(10)3(9)2-13-4/h3-12H,1-2H2/t3?,4?,5?,6-,7?/m1/s1. The topological polar surface area (TPSA) is 110 Å². The zero-order chi connectivity index (χ0) is 10.0. The van der Waals surface area contributed by atoms with Crippen molar-refractivity contribution in [1.29, 1.82) is 0 Å². The van der Waals surface area contributed by atoms with Gasteiger partial charge in [-0.25, -0.2) is 0 Å². The summed E-state index contributed by atoms with van der Waals surface area (Å²) < 4.78 is 4.85. The molecule has 0 amide bonds. The van der Waals surface area contributed by atoms with Crippen LogP contribution in [0.4, 0.5) is 0 Å². The molecule has 0 bridgehead atoms. The molecule has 0 aliphatic carbocycles. The molecule has 0 aromatic carbocycles. The Balaban J connectivity index is 2.69. The third kappa shape index (κ3) is 2.16. The smallest absolute Gasteiger partial charge is 0.111 e. The van der Waals surface area contributed by atoms with Crippen LogP contribution < -0.4 is 0 Å². The molecule has 0 spiro atoms. The summed E-state index contributed by atoms with van der Waals surface area (Å²) in [7, 11) is 0. The molecule has 1 aliphatic heterocycles. The van der Waals surface area contributed by atoms with E-state index in [1.165, 1.54) is 0 Å². The van der Waals surface area contributed by atoms with E-state index in [0.29, 0.717) is 0 Å². The van der Waals surface area contributed by atoms with Crippen molar-refractivity contribution in [3.05, 3.63) is 0 Å². The Labute approximate surface area is 75.0 Å². The first-order chi connectivity index (χ1) is 6.07. The molecule has 6 nitrogen and oxygen atoms in total. The van der Waals surface area contributed by atoms with E-state index in [9.17, 15) is 15.3 Å². The first-order valence-corrected chi connectivity index (χ1v) is 4.02. The second-order valence-corrected chi connectivity index (χ2v) is 3.09. The van der Waals surface area contributed by atoms with Crippen molar-refractivity contribution >= 4 is 0 Å². The van der Waals surface area contributed by atoms with Gasteiger partial charge in [-0.05, 0) is 0 Å². The Kier molecular flexibility index (Phi) is 3.60. The Morgan fingerprint density at radius 2 is 1.62 bits per heavy atom. The molecule has 0 aromatic heterocycles. The molecule has 13 heavy (non-hydrogen) atoms. The van der Waals surface area contributed by atoms with E-state index >= 15 is 0 Å². The predicted molar refractivity (Wildman–Crippen MR) is 40.9 cm³/mol. The molecule has 0 aromatic rings. The highest BCUT2D eigenvalue weighted by molar-refractivity contribution is 4.88. The van der Waals surface area contributed by atoms with Crippen molar-refractivity contribution in [2.45, 2.75) is 30.5 Å². The first kappa shape index (κ1) is 10.8. The van der Waals surface area contributed by atoms with E-state index in [2.05, 4.69) is 0 Å². The van der Waals surface area contributed by atoms with Crippen LogP contribution in [0.3, 0.4) is 0 Å². The Hall–Kier alpha value is -0.240. The molecule has 1 heterocycles. The highest BCUT2D eigenvalue weighted by Crippen LogP contribution is 2.15. The van der Waals surface area contributed by atoms with Crippen molar-refractivity contribution in [3.63, 3.8) is 0 Å². The minimum Gasteiger partial charge on any atom is -0.394 e. The summed E-state index contributed by atoms with van der Waals surface area (Å²) in [6.07, 6.45) is -6.57. The van der Waals surface area contributed by atoms with Crippen LogP contribution in [0.5, 0.6) is 0 Å². The van der Waals surface area contributed by atoms with E-state index in [1.807, 2.05) is 0 Å². The first-order valence-electron chi connectivity index (χ1n) is 4.02. The Bertz CT molecular complexity index is 161. The van der Waals surface area contributed by atoms with Gasteiger partial charge in [-0.1, -0.05) is 0 Å². The zero-order valence-corrected chi connectivity index (χ0v) is 6.95. The summed E-state index contributed by atoms with van der Waals surface area (Å²) in [4.78, 5) is 0. The average Bonchev–Trinajstić information content (AvgIpc) is 2.22. The molecule has 78 valence electrons. The molecule has 1 rings (SSSR count). The fraction of sp³-hybridized carbons (Fsp3) is 1.00. The average molecular weight is 194 g/mol. The van der Waals surface area contributed by atoms with Gasteiger partial charge in [-0.3, -0.25) is 0 Å². The molecule has 6 heteroatoms. The molecule has 5 atom stereocenters. The largest absolute Gasteiger partial charge is 0.394 e. The summed E-state index contributed by atoms with van der Waals surface area (Å²) >= 11 is 0. The van der Waals surface area contributed by atoms with E-state index in [-0.39, 0.29) is 6.61 Å². The van der Waals surface area contributed by atoms with Crippen LogP contribution in [0.1, 0.15) is 0 Å². The second kappa shape index (κ2) is 4.32. The maximum Gasteiger partial charge on any atom is 0.111 e. The molecular weight excluding hydrogens is 180 g/mol. The summed E-state index contributed by atoms with van der Waals surface area (Å²) in [5.41, 5.74) is 0. The molecule has 0 saturated carbocycles. The highest BCUT2D eigenvalue weighted by Gasteiger charge is 2.38. The zero-order valence-electron chi connectivity index (χ0n) is 6.95. The van der Waals surface area contributed by atoms with Crippen LogP contribution in [0.2, 0.25) is 0 Å². The number of hydrogen-bond acceptors (Lipinski definition) is 6. The van der Waals surface area contributed by atoms with Crippen molar-refractivity contribution in [1.82, 2.24) is 0 Å². The van der Waals surface area contributed by atoms with Gasteiger partial charge in [0.25, 0.3) is 0 Å². The van der Waals surface area contributed by atoms with Gasteiger partial charge in [-0.2, -0.15) is 0 Å². The minimum atomic E-state index is -1.50. The summed E-state index contributed by atoms with van der Waals surface area (Å²) in [6, 6.07) is 0. The van der Waals surface area contributed by atoms with Gasteiger partial charge in [-0.15, -0.1) is 0 Å². The number of ether oxygens (including phenoxy) is 1. The van der Waals surface area contributed by atoms with Crippen LogP contribution in [0.15, 0.2) is 0 Å². The lowest BCUT2D eigenvalue weighted by Gasteiger charge is -2.23. The fourth-order valence-electron chi connectivity index (χ4n) is 1.23. The second-order valence-electron chi connectivity index (χ2n) is 3.09. The molecule has 1 saturated heterocycles. The molecular formula is C7H14O6. The summed E-state index contributed by atoms with van der Waals surface area (Å²) in [5.74, 6) is 0. The third-order valence-electron chi connectivity index (χ3n) is 2.14. The van der Waals surface area contributed by atoms with E-state index < -0.39 is 37.1 Å². The number of hydrogen-bond donors (Lipinski definition) is 5. The quantitative estimate of drug-likeness (QED) is 0.301. The minimum absolute atomic E-state index is 0.222. The van der Waals surface area contributed by atoms with Gasteiger partial charge < -0.3 is 30.3 Å². The van der Waals surface area contributed by atoms with E-state index in [1.54, 1.807) is 0 Å². The predicted octanol–water partition coefficient (Wildman–Crippen LogP) is -3.18. The normalized spacial score (nSPS) is 47.3. The van der Waals surface area contributed by atoms with Gasteiger partial charge >= 0.3 is 0 Å². The van der Waals surface area contributed by atoms with Crippen LogP contribution >= 0.6 is 0 Å². The van der Waals surface area contributed by atoms with Crippen LogP contribution in [-0.2, 0) is 4.74 Å². The molecule has 4 unspecified atom stereocenters. The summed E-state index contributed by atoms with van der Waals surface area (Å²) in [5, 5.41) is 45.6. The van der Waals surface area contributed by atoms with E-state index in [4.69, 9.17) is 14.9 Å². The lowest BCUT2D eigenvalue weighted by Crippen LogP contribution is -2.46. The van der Waals surface area contributed by atoms with Crippen molar-refractivity contribution in [2.24, 2.45) is 0 Å². The van der Waals surface area contributed by atoms with Crippen LogP contribution in [0, 0.1) is 0 Å². The van der Waals surface area contributed by atoms with Gasteiger partial charge in [0.2, 0.25) is 0 Å². The van der Waals surface area contributed by atoms with E-state index in [0.717, 1.165) is 0 Å². The molecule has 1 aliphatic rings. The molecule has 5 N–H and O–H groups in total. The van der Waals surface area contributed by atoms with Gasteiger partial charge in [0, 0.05) is 0 Å². The van der Waals surface area contributed by atoms with Crippen molar-refractivity contribution < 1.29 is 30.3 Å². The Morgan fingerprint density at radius 3 is 2.15 bits per heavy atom. The van der Waals surface area contributed by atoms with Gasteiger partial charge in [0.15, 0.2) is 0 Å². The highest BCUT2D eigenvalue weighted by atomic mass is 16.5. The number of rotatable bonds is 1. The summed E-state index contributed by atoms with van der Waals surface area (Å²) in [6.45, 7) is -0.696.